The van der Waals surface area contributed by atoms with E-state index in [0.717, 1.165) is 10.9 Å². The summed E-state index contributed by atoms with van der Waals surface area (Å²) in [5.41, 5.74) is 3.25. The summed E-state index contributed by atoms with van der Waals surface area (Å²) in [5, 5.41) is 14.4. The van der Waals surface area contributed by atoms with Crippen molar-refractivity contribution >= 4 is 38.4 Å². The highest BCUT2D eigenvalue weighted by atomic mass is 79.9. The van der Waals surface area contributed by atoms with Gasteiger partial charge in [0.25, 0.3) is 5.91 Å². The Balaban J connectivity index is 1.71. The average molecular weight is 415 g/mol. The Hall–Kier alpha value is -3.00. The lowest BCUT2D eigenvalue weighted by molar-refractivity contribution is 0.102. The van der Waals surface area contributed by atoms with Crippen molar-refractivity contribution in [1.29, 1.82) is 0 Å². The van der Waals surface area contributed by atoms with Gasteiger partial charge in [-0.15, -0.1) is 0 Å². The van der Waals surface area contributed by atoms with E-state index in [4.69, 9.17) is 4.52 Å². The monoisotopic (exact) mass is 414 g/mol. The molecular weight excluding hydrogens is 403 g/mol. The van der Waals surface area contributed by atoms with E-state index in [1.165, 1.54) is 6.26 Å². The number of rotatable bonds is 3. The summed E-state index contributed by atoms with van der Waals surface area (Å²) in [7, 11) is 0. The number of amides is 1. The number of H-pyrrole nitrogens is 1. The van der Waals surface area contributed by atoms with Crippen LogP contribution in [0.2, 0.25) is 0 Å². The second-order valence-corrected chi connectivity index (χ2v) is 6.61. The van der Waals surface area contributed by atoms with Crippen LogP contribution >= 0.6 is 15.9 Å². The molecule has 4 aromatic rings. The van der Waals surface area contributed by atoms with Crippen molar-refractivity contribution in [3.8, 4) is 11.3 Å². The van der Waals surface area contributed by atoms with Crippen LogP contribution in [0, 0.1) is 12.7 Å². The van der Waals surface area contributed by atoms with Crippen LogP contribution in [0.25, 0.3) is 22.2 Å². The highest BCUT2D eigenvalue weighted by Gasteiger charge is 2.18. The van der Waals surface area contributed by atoms with Gasteiger partial charge in [-0.1, -0.05) is 11.2 Å². The highest BCUT2D eigenvalue weighted by Crippen LogP contribution is 2.29. The first kappa shape index (κ1) is 16.5. The molecule has 0 spiro atoms. The molecule has 6 nitrogen and oxygen atoms in total. The molecule has 0 atom stereocenters. The molecule has 8 heteroatoms. The summed E-state index contributed by atoms with van der Waals surface area (Å²) < 4.78 is 19.4. The number of aryl methyl sites for hydroxylation is 1. The van der Waals surface area contributed by atoms with Crippen molar-refractivity contribution in [2.45, 2.75) is 6.92 Å². The molecule has 2 aromatic heterocycles. The Morgan fingerprint density at radius 2 is 2.15 bits per heavy atom. The Bertz CT molecular complexity index is 1120. The second kappa shape index (κ2) is 6.38. The molecule has 0 radical (unpaired) electrons. The van der Waals surface area contributed by atoms with Gasteiger partial charge in [0, 0.05) is 11.1 Å². The number of carbonyl (C=O) groups is 1. The van der Waals surface area contributed by atoms with Crippen LogP contribution in [0.4, 0.5) is 10.1 Å². The first-order valence-electron chi connectivity index (χ1n) is 7.68. The van der Waals surface area contributed by atoms with Crippen molar-refractivity contribution in [2.75, 3.05) is 5.32 Å². The molecule has 1 amide bonds. The minimum Gasteiger partial charge on any atom is -0.364 e. The van der Waals surface area contributed by atoms with E-state index >= 15 is 0 Å². The van der Waals surface area contributed by atoms with Crippen LogP contribution < -0.4 is 5.32 Å². The van der Waals surface area contributed by atoms with Crippen molar-refractivity contribution in [3.63, 3.8) is 0 Å². The average Bonchev–Trinajstić information content (AvgIpc) is 3.27. The number of benzene rings is 2. The number of carbonyl (C=O) groups excluding carboxylic acids is 1. The molecule has 0 bridgehead atoms. The summed E-state index contributed by atoms with van der Waals surface area (Å²) in [5.74, 6) is -1.10. The van der Waals surface area contributed by atoms with Gasteiger partial charge in [-0.25, -0.2) is 4.39 Å². The third-order valence-corrected chi connectivity index (χ3v) is 4.67. The largest absolute Gasteiger partial charge is 0.364 e. The van der Waals surface area contributed by atoms with Crippen molar-refractivity contribution in [2.24, 2.45) is 0 Å². The zero-order valence-electron chi connectivity index (χ0n) is 13.5. The lowest BCUT2D eigenvalue weighted by Gasteiger charge is -2.10. The fourth-order valence-corrected chi connectivity index (χ4v) is 3.08. The Morgan fingerprint density at radius 1 is 1.31 bits per heavy atom. The summed E-state index contributed by atoms with van der Waals surface area (Å²) in [6.07, 6.45) is 3.04. The Morgan fingerprint density at radius 3 is 2.92 bits per heavy atom. The van der Waals surface area contributed by atoms with Crippen LogP contribution in [0.5, 0.6) is 0 Å². The van der Waals surface area contributed by atoms with E-state index in [1.54, 1.807) is 43.5 Å². The molecular formula is C18H12BrFN4O2. The van der Waals surface area contributed by atoms with Gasteiger partial charge in [0.15, 0.2) is 0 Å². The molecule has 0 unspecified atom stereocenters. The maximum absolute atomic E-state index is 14.3. The van der Waals surface area contributed by atoms with Gasteiger partial charge >= 0.3 is 0 Å². The van der Waals surface area contributed by atoms with E-state index in [0.29, 0.717) is 22.5 Å². The Labute approximate surface area is 155 Å². The summed E-state index contributed by atoms with van der Waals surface area (Å²) >= 11 is 3.11. The van der Waals surface area contributed by atoms with E-state index in [9.17, 15) is 9.18 Å². The van der Waals surface area contributed by atoms with Gasteiger partial charge in [-0.05, 0) is 52.7 Å². The van der Waals surface area contributed by atoms with Crippen molar-refractivity contribution in [1.82, 2.24) is 15.4 Å². The minimum atomic E-state index is -0.586. The summed E-state index contributed by atoms with van der Waals surface area (Å²) in [4.78, 5) is 12.6. The molecule has 2 heterocycles. The molecule has 0 aliphatic carbocycles. The number of aromatic amines is 1. The zero-order chi connectivity index (χ0) is 18.3. The van der Waals surface area contributed by atoms with Gasteiger partial charge in [0.05, 0.1) is 27.3 Å². The Kier molecular flexibility index (Phi) is 4.04. The maximum atomic E-state index is 14.3. The van der Waals surface area contributed by atoms with E-state index < -0.39 is 11.7 Å². The fraction of sp³-hybridized carbons (Fsp3) is 0.0556. The van der Waals surface area contributed by atoms with Gasteiger partial charge in [0.1, 0.15) is 17.8 Å². The van der Waals surface area contributed by atoms with Crippen LogP contribution in [-0.4, -0.2) is 21.3 Å². The lowest BCUT2D eigenvalue weighted by atomic mass is 10.1. The van der Waals surface area contributed by atoms with Crippen LogP contribution in [0.1, 0.15) is 15.9 Å². The third kappa shape index (κ3) is 2.78. The molecule has 2 N–H and O–H groups in total. The topological polar surface area (TPSA) is 83.8 Å². The van der Waals surface area contributed by atoms with E-state index in [2.05, 4.69) is 36.6 Å². The predicted octanol–water partition coefficient (Wildman–Crippen LogP) is 4.68. The van der Waals surface area contributed by atoms with E-state index in [-0.39, 0.29) is 10.0 Å². The van der Waals surface area contributed by atoms with Crippen molar-refractivity contribution in [3.05, 3.63) is 64.2 Å². The number of nitrogens with zero attached hydrogens (tertiary/aromatic N) is 2. The first-order valence-corrected chi connectivity index (χ1v) is 8.47. The van der Waals surface area contributed by atoms with Crippen LogP contribution in [0.15, 0.2) is 51.8 Å². The summed E-state index contributed by atoms with van der Waals surface area (Å²) in [6, 6.07) is 8.54. The normalized spacial score (nSPS) is 11.0. The predicted molar refractivity (Wildman–Crippen MR) is 98.4 cm³/mol. The number of hydrogen-bond donors (Lipinski definition) is 2. The highest BCUT2D eigenvalue weighted by molar-refractivity contribution is 9.10. The smallest absolute Gasteiger partial charge is 0.258 e. The van der Waals surface area contributed by atoms with Gasteiger partial charge in [-0.3, -0.25) is 9.89 Å². The maximum Gasteiger partial charge on any atom is 0.258 e. The molecule has 0 aliphatic heterocycles. The van der Waals surface area contributed by atoms with Gasteiger partial charge in [0.2, 0.25) is 0 Å². The van der Waals surface area contributed by atoms with Gasteiger partial charge in [-0.2, -0.15) is 5.10 Å². The first-order chi connectivity index (χ1) is 12.5. The standard InChI is InChI=1S/C18H12BrFN4O2/c1-9-2-4-13(19)16(20)15(9)18(25)22-11-3-5-14-12(6-11)17(24-23-14)10-7-21-26-8-10/h2-8H,1H3,(H,22,25)(H,23,24). The van der Waals surface area contributed by atoms with Crippen LogP contribution in [0.3, 0.4) is 0 Å². The number of nitrogens with one attached hydrogen (secondary N) is 2. The number of halogens is 2. The molecule has 4 rings (SSSR count). The molecule has 0 saturated heterocycles. The molecule has 2 aromatic carbocycles. The summed E-state index contributed by atoms with van der Waals surface area (Å²) in [6.45, 7) is 1.69. The molecule has 26 heavy (non-hydrogen) atoms. The van der Waals surface area contributed by atoms with Crippen LogP contribution in [-0.2, 0) is 0 Å². The second-order valence-electron chi connectivity index (χ2n) is 5.75. The SMILES string of the molecule is Cc1ccc(Br)c(F)c1C(=O)Nc1ccc2[nH]nc(-c3cnoc3)c2c1. The minimum absolute atomic E-state index is 0.00548. The van der Waals surface area contributed by atoms with E-state index in [1.807, 2.05) is 0 Å². The lowest BCUT2D eigenvalue weighted by Crippen LogP contribution is -2.15. The third-order valence-electron chi connectivity index (χ3n) is 4.06. The number of hydrogen-bond acceptors (Lipinski definition) is 4. The fourth-order valence-electron chi connectivity index (χ4n) is 2.75. The molecule has 130 valence electrons. The molecule has 0 saturated carbocycles. The number of aromatic nitrogens is 3. The quantitative estimate of drug-likeness (QED) is 0.509. The molecule has 0 fully saturated rings. The number of anilines is 1. The number of fused-ring (bicyclic) bond motifs is 1. The zero-order valence-corrected chi connectivity index (χ0v) is 15.1. The van der Waals surface area contributed by atoms with Gasteiger partial charge < -0.3 is 9.84 Å². The molecule has 0 aliphatic rings. The van der Waals surface area contributed by atoms with Crippen molar-refractivity contribution < 1.29 is 13.7 Å².